The van der Waals surface area contributed by atoms with Gasteiger partial charge in [-0.3, -0.25) is 0 Å². The fraction of sp³-hybridized carbons (Fsp3) is 0.636. The third-order valence-corrected chi connectivity index (χ3v) is 2.99. The number of thiazole rings is 1. The fourth-order valence-electron chi connectivity index (χ4n) is 1.68. The number of hydrogen-bond acceptors (Lipinski definition) is 5. The predicted octanol–water partition coefficient (Wildman–Crippen LogP) is 1.84. The largest absolute Gasteiger partial charge is 0.476 e. The molecule has 6 heteroatoms. The van der Waals surface area contributed by atoms with Crippen molar-refractivity contribution in [1.82, 2.24) is 9.88 Å². The van der Waals surface area contributed by atoms with Crippen LogP contribution in [0.25, 0.3) is 0 Å². The van der Waals surface area contributed by atoms with Crippen LogP contribution < -0.4 is 5.32 Å². The SMILES string of the molecule is CN(C)CC(C)(C)CNc1nc(C(=O)O)cs1. The lowest BCUT2D eigenvalue weighted by Gasteiger charge is -2.28. The van der Waals surface area contributed by atoms with Gasteiger partial charge in [-0.2, -0.15) is 0 Å². The molecule has 0 atom stereocenters. The van der Waals surface area contributed by atoms with E-state index in [0.717, 1.165) is 13.1 Å². The minimum absolute atomic E-state index is 0.0999. The molecule has 0 aliphatic carbocycles. The molecule has 1 aromatic rings. The summed E-state index contributed by atoms with van der Waals surface area (Å²) in [7, 11) is 4.07. The second-order valence-corrected chi connectivity index (χ2v) is 5.96. The van der Waals surface area contributed by atoms with Crippen molar-refractivity contribution in [3.8, 4) is 0 Å². The number of anilines is 1. The highest BCUT2D eigenvalue weighted by atomic mass is 32.1. The topological polar surface area (TPSA) is 65.5 Å². The summed E-state index contributed by atoms with van der Waals surface area (Å²) < 4.78 is 0. The van der Waals surface area contributed by atoms with Crippen LogP contribution in [-0.4, -0.2) is 48.1 Å². The maximum absolute atomic E-state index is 10.7. The van der Waals surface area contributed by atoms with Gasteiger partial charge < -0.3 is 15.3 Å². The highest BCUT2D eigenvalue weighted by molar-refractivity contribution is 7.13. The molecule has 1 rings (SSSR count). The molecule has 0 unspecified atom stereocenters. The lowest BCUT2D eigenvalue weighted by atomic mass is 9.93. The van der Waals surface area contributed by atoms with Gasteiger partial charge in [0.15, 0.2) is 10.8 Å². The third-order valence-electron chi connectivity index (χ3n) is 2.19. The third kappa shape index (κ3) is 4.70. The van der Waals surface area contributed by atoms with Gasteiger partial charge in [0, 0.05) is 18.5 Å². The van der Waals surface area contributed by atoms with E-state index in [2.05, 4.69) is 29.0 Å². The van der Waals surface area contributed by atoms with Crippen LogP contribution in [0.2, 0.25) is 0 Å². The summed E-state index contributed by atoms with van der Waals surface area (Å²) in [6.07, 6.45) is 0. The maximum atomic E-state index is 10.7. The Bertz CT molecular complexity index is 388. The molecule has 0 aliphatic heterocycles. The molecule has 2 N–H and O–H groups in total. The molecule has 5 nitrogen and oxygen atoms in total. The monoisotopic (exact) mass is 257 g/mol. The molecule has 17 heavy (non-hydrogen) atoms. The van der Waals surface area contributed by atoms with Crippen LogP contribution >= 0.6 is 11.3 Å². The van der Waals surface area contributed by atoms with Gasteiger partial charge in [0.25, 0.3) is 0 Å². The van der Waals surface area contributed by atoms with E-state index >= 15 is 0 Å². The zero-order chi connectivity index (χ0) is 13.1. The zero-order valence-electron chi connectivity index (χ0n) is 10.6. The average Bonchev–Trinajstić information content (AvgIpc) is 2.61. The number of hydrogen-bond donors (Lipinski definition) is 2. The Labute approximate surface area is 105 Å². The second kappa shape index (κ2) is 5.46. The first-order valence-corrected chi connectivity index (χ1v) is 6.25. The molecular formula is C11H19N3O2S. The predicted molar refractivity (Wildman–Crippen MR) is 69.9 cm³/mol. The van der Waals surface area contributed by atoms with Gasteiger partial charge in [0.1, 0.15) is 0 Å². The van der Waals surface area contributed by atoms with E-state index in [1.165, 1.54) is 11.3 Å². The van der Waals surface area contributed by atoms with Crippen molar-refractivity contribution < 1.29 is 9.90 Å². The van der Waals surface area contributed by atoms with Crippen molar-refractivity contribution in [2.45, 2.75) is 13.8 Å². The average molecular weight is 257 g/mol. The van der Waals surface area contributed by atoms with Crippen LogP contribution in [0, 0.1) is 5.41 Å². The van der Waals surface area contributed by atoms with E-state index in [4.69, 9.17) is 5.11 Å². The first-order chi connectivity index (χ1) is 7.80. The van der Waals surface area contributed by atoms with E-state index in [9.17, 15) is 4.79 Å². The first-order valence-electron chi connectivity index (χ1n) is 5.37. The summed E-state index contributed by atoms with van der Waals surface area (Å²) in [6, 6.07) is 0. The molecule has 0 amide bonds. The van der Waals surface area contributed by atoms with Gasteiger partial charge in [0.2, 0.25) is 0 Å². The maximum Gasteiger partial charge on any atom is 0.355 e. The molecule has 1 heterocycles. The van der Waals surface area contributed by atoms with Crippen LogP contribution in [0.1, 0.15) is 24.3 Å². The standard InChI is InChI=1S/C11H19N3O2S/c1-11(2,7-14(3)4)6-12-10-13-8(5-17-10)9(15)16/h5H,6-7H2,1-4H3,(H,12,13)(H,15,16). The number of aromatic nitrogens is 1. The molecule has 0 fully saturated rings. The lowest BCUT2D eigenvalue weighted by Crippen LogP contribution is -2.34. The number of carboxylic acid groups (broad SMARTS) is 1. The van der Waals surface area contributed by atoms with Gasteiger partial charge in [-0.1, -0.05) is 13.8 Å². The van der Waals surface area contributed by atoms with Gasteiger partial charge in [-0.25, -0.2) is 9.78 Å². The van der Waals surface area contributed by atoms with Gasteiger partial charge in [-0.05, 0) is 19.5 Å². The van der Waals surface area contributed by atoms with Crippen molar-refractivity contribution in [3.05, 3.63) is 11.1 Å². The Morgan fingerprint density at radius 1 is 1.59 bits per heavy atom. The minimum Gasteiger partial charge on any atom is -0.476 e. The smallest absolute Gasteiger partial charge is 0.355 e. The van der Waals surface area contributed by atoms with E-state index in [0.29, 0.717) is 5.13 Å². The molecule has 0 aliphatic rings. The summed E-state index contributed by atoms with van der Waals surface area (Å²) in [4.78, 5) is 16.8. The summed E-state index contributed by atoms with van der Waals surface area (Å²) in [6.45, 7) is 6.03. The Morgan fingerprint density at radius 3 is 2.71 bits per heavy atom. The summed E-state index contributed by atoms with van der Waals surface area (Å²) in [5, 5.41) is 14.1. The van der Waals surface area contributed by atoms with E-state index in [1.54, 1.807) is 5.38 Å². The Balaban J connectivity index is 2.52. The molecule has 0 aromatic carbocycles. The Hall–Kier alpha value is -1.14. The Kier molecular flexibility index (Phi) is 4.47. The van der Waals surface area contributed by atoms with E-state index in [-0.39, 0.29) is 11.1 Å². The molecule has 0 radical (unpaired) electrons. The number of nitrogens with zero attached hydrogens (tertiary/aromatic N) is 2. The van der Waals surface area contributed by atoms with Gasteiger partial charge >= 0.3 is 5.97 Å². The number of carboxylic acids is 1. The lowest BCUT2D eigenvalue weighted by molar-refractivity contribution is 0.0691. The second-order valence-electron chi connectivity index (χ2n) is 5.10. The highest BCUT2D eigenvalue weighted by Crippen LogP contribution is 2.20. The van der Waals surface area contributed by atoms with Crippen LogP contribution in [0.15, 0.2) is 5.38 Å². The van der Waals surface area contributed by atoms with Crippen LogP contribution in [0.4, 0.5) is 5.13 Å². The van der Waals surface area contributed by atoms with Crippen molar-refractivity contribution >= 4 is 22.4 Å². The number of aromatic carboxylic acids is 1. The van der Waals surface area contributed by atoms with Gasteiger partial charge in [-0.15, -0.1) is 11.3 Å². The molecule has 0 bridgehead atoms. The molecule has 0 saturated carbocycles. The van der Waals surface area contributed by atoms with E-state index < -0.39 is 5.97 Å². The van der Waals surface area contributed by atoms with Crippen LogP contribution in [-0.2, 0) is 0 Å². The summed E-state index contributed by atoms with van der Waals surface area (Å²) in [5.74, 6) is -0.984. The summed E-state index contributed by atoms with van der Waals surface area (Å²) in [5.41, 5.74) is 0.210. The molecule has 1 aromatic heterocycles. The van der Waals surface area contributed by atoms with Crippen LogP contribution in [0.3, 0.4) is 0 Å². The normalized spacial score (nSPS) is 11.8. The quantitative estimate of drug-likeness (QED) is 0.814. The van der Waals surface area contributed by atoms with Crippen molar-refractivity contribution in [2.24, 2.45) is 5.41 Å². The number of rotatable bonds is 6. The molecular weight excluding hydrogens is 238 g/mol. The van der Waals surface area contributed by atoms with Crippen molar-refractivity contribution in [3.63, 3.8) is 0 Å². The zero-order valence-corrected chi connectivity index (χ0v) is 11.5. The Morgan fingerprint density at radius 2 is 2.24 bits per heavy atom. The molecule has 0 spiro atoms. The van der Waals surface area contributed by atoms with Crippen molar-refractivity contribution in [2.75, 3.05) is 32.5 Å². The number of carbonyl (C=O) groups is 1. The first kappa shape index (κ1) is 13.9. The van der Waals surface area contributed by atoms with Gasteiger partial charge in [0.05, 0.1) is 0 Å². The molecule has 0 saturated heterocycles. The highest BCUT2D eigenvalue weighted by Gasteiger charge is 2.19. The van der Waals surface area contributed by atoms with Crippen LogP contribution in [0.5, 0.6) is 0 Å². The minimum atomic E-state index is -0.984. The van der Waals surface area contributed by atoms with Crippen molar-refractivity contribution in [1.29, 1.82) is 0 Å². The van der Waals surface area contributed by atoms with E-state index in [1.807, 2.05) is 14.1 Å². The fourth-order valence-corrected chi connectivity index (χ4v) is 2.36. The summed E-state index contributed by atoms with van der Waals surface area (Å²) >= 11 is 1.32. The molecule has 96 valence electrons. The number of nitrogens with one attached hydrogen (secondary N) is 1.